The molecule has 2 aliphatic rings. The average Bonchev–Trinajstić information content (AvgIpc) is 2.94. The minimum absolute atomic E-state index is 0.146. The van der Waals surface area contributed by atoms with Crippen molar-refractivity contribution in [3.63, 3.8) is 0 Å². The highest BCUT2D eigenvalue weighted by atomic mass is 32.2. The van der Waals surface area contributed by atoms with E-state index in [0.717, 1.165) is 23.1 Å². The van der Waals surface area contributed by atoms with Gasteiger partial charge >= 0.3 is 0 Å². The smallest absolute Gasteiger partial charge is 0.247 e. The topological polar surface area (TPSA) is 131 Å². The molecule has 0 aromatic heterocycles. The van der Waals surface area contributed by atoms with Gasteiger partial charge in [0.25, 0.3) is 0 Å². The second-order valence-corrected chi connectivity index (χ2v) is 10.4. The molecule has 2 aliphatic heterocycles. The number of nitrogens with two attached hydrogens (primary N) is 2. The quantitative estimate of drug-likeness (QED) is 0.575. The lowest BCUT2D eigenvalue weighted by atomic mass is 10.0. The van der Waals surface area contributed by atoms with Gasteiger partial charge in [-0.25, -0.2) is 13.4 Å². The highest BCUT2D eigenvalue weighted by Crippen LogP contribution is 2.33. The number of carbonyl (C=O) groups excluding carboxylic acids is 1. The van der Waals surface area contributed by atoms with Crippen molar-refractivity contribution in [3.8, 4) is 11.1 Å². The van der Waals surface area contributed by atoms with Crippen molar-refractivity contribution in [2.75, 3.05) is 26.2 Å². The van der Waals surface area contributed by atoms with Gasteiger partial charge in [-0.1, -0.05) is 31.2 Å². The fourth-order valence-electron chi connectivity index (χ4n) is 3.92. The number of amidine groups is 1. The molecule has 4 rings (SSSR count). The number of nitrogens with one attached hydrogen (secondary N) is 1. The first-order valence-electron chi connectivity index (χ1n) is 11.1. The van der Waals surface area contributed by atoms with Crippen molar-refractivity contribution in [2.45, 2.75) is 24.7 Å². The Kier molecular flexibility index (Phi) is 6.64. The van der Waals surface area contributed by atoms with Gasteiger partial charge in [0, 0.05) is 37.2 Å². The third-order valence-corrected chi connectivity index (χ3v) is 7.71. The molecule has 0 radical (unpaired) electrons. The summed E-state index contributed by atoms with van der Waals surface area (Å²) in [5, 5.41) is 2.88. The van der Waals surface area contributed by atoms with Crippen LogP contribution in [0, 0.1) is 5.92 Å². The van der Waals surface area contributed by atoms with Crippen LogP contribution in [0.5, 0.6) is 0 Å². The van der Waals surface area contributed by atoms with Gasteiger partial charge in [-0.15, -0.1) is 0 Å². The van der Waals surface area contributed by atoms with E-state index in [9.17, 15) is 13.2 Å². The highest BCUT2D eigenvalue weighted by molar-refractivity contribution is 7.89. The molecule has 8 nitrogen and oxygen atoms in total. The number of sulfonamides is 1. The molecule has 2 aromatic carbocycles. The molecule has 0 bridgehead atoms. The van der Waals surface area contributed by atoms with Crippen LogP contribution in [0.3, 0.4) is 0 Å². The van der Waals surface area contributed by atoms with E-state index in [1.165, 1.54) is 4.31 Å². The van der Waals surface area contributed by atoms with Gasteiger partial charge in [-0.05, 0) is 54.3 Å². The van der Waals surface area contributed by atoms with Crippen molar-refractivity contribution in [1.82, 2.24) is 9.62 Å². The lowest BCUT2D eigenvalue weighted by molar-refractivity contribution is -0.117. The van der Waals surface area contributed by atoms with Crippen molar-refractivity contribution >= 4 is 33.5 Å². The molecule has 1 fully saturated rings. The summed E-state index contributed by atoms with van der Waals surface area (Å²) in [6.07, 6.45) is 2.93. The van der Waals surface area contributed by atoms with E-state index in [4.69, 9.17) is 11.5 Å². The van der Waals surface area contributed by atoms with E-state index < -0.39 is 10.0 Å². The first-order valence-corrected chi connectivity index (χ1v) is 12.5. The molecule has 0 saturated carbocycles. The monoisotopic (exact) mass is 467 g/mol. The third kappa shape index (κ3) is 4.85. The number of fused-ring (bicyclic) bond motifs is 1. The van der Waals surface area contributed by atoms with Gasteiger partial charge in [0.05, 0.1) is 10.6 Å². The lowest BCUT2D eigenvalue weighted by Gasteiger charge is -2.37. The number of hydrogen-bond acceptors (Lipinski definition) is 6. The number of nitrogens with zero attached hydrogens (tertiary/aromatic N) is 2. The van der Waals surface area contributed by atoms with Crippen LogP contribution in [0.1, 0.15) is 25.3 Å². The number of carbonyl (C=O) groups is 1. The lowest BCUT2D eigenvalue weighted by Crippen LogP contribution is -2.52. The van der Waals surface area contributed by atoms with E-state index >= 15 is 0 Å². The molecule has 9 heteroatoms. The number of hydrogen-bond donors (Lipinski definition) is 3. The van der Waals surface area contributed by atoms with Gasteiger partial charge in [0.2, 0.25) is 15.9 Å². The van der Waals surface area contributed by atoms with Gasteiger partial charge in [-0.3, -0.25) is 4.79 Å². The molecule has 0 spiro atoms. The van der Waals surface area contributed by atoms with Crippen molar-refractivity contribution < 1.29 is 13.2 Å². The van der Waals surface area contributed by atoms with Crippen LogP contribution in [-0.4, -0.2) is 50.6 Å². The fraction of sp³-hybridized carbons (Fsp3) is 0.333. The van der Waals surface area contributed by atoms with Crippen molar-refractivity contribution in [3.05, 3.63) is 53.6 Å². The van der Waals surface area contributed by atoms with Crippen LogP contribution < -0.4 is 16.8 Å². The number of aliphatic imine (C=N–C) groups is 1. The van der Waals surface area contributed by atoms with Crippen LogP contribution in [0.2, 0.25) is 0 Å². The summed E-state index contributed by atoms with van der Waals surface area (Å²) < 4.78 is 27.4. The SMILES string of the molecule is CCCNC(=O)C1=Cc2ccc(-c3cccc(S(=O)(=O)N4CC(CN)C4)c3)cc2N=C(N)C1. The molecule has 0 unspecified atom stereocenters. The zero-order valence-corrected chi connectivity index (χ0v) is 19.4. The van der Waals surface area contributed by atoms with E-state index in [1.807, 2.05) is 37.3 Å². The molecule has 1 amide bonds. The Labute approximate surface area is 194 Å². The first-order chi connectivity index (χ1) is 15.8. The molecule has 0 aliphatic carbocycles. The summed E-state index contributed by atoms with van der Waals surface area (Å²) >= 11 is 0. The van der Waals surface area contributed by atoms with E-state index in [0.29, 0.717) is 43.3 Å². The Morgan fingerprint density at radius 3 is 2.67 bits per heavy atom. The van der Waals surface area contributed by atoms with Crippen molar-refractivity contribution in [2.24, 2.45) is 22.4 Å². The van der Waals surface area contributed by atoms with Crippen LogP contribution in [-0.2, 0) is 14.8 Å². The molecule has 2 heterocycles. The molecular weight excluding hydrogens is 438 g/mol. The maximum atomic E-state index is 13.0. The minimum atomic E-state index is -3.56. The van der Waals surface area contributed by atoms with Crippen LogP contribution in [0.25, 0.3) is 17.2 Å². The summed E-state index contributed by atoms with van der Waals surface area (Å²) in [6, 6.07) is 12.5. The predicted molar refractivity (Wildman–Crippen MR) is 130 cm³/mol. The molecule has 2 aromatic rings. The van der Waals surface area contributed by atoms with Crippen LogP contribution in [0.4, 0.5) is 5.69 Å². The Bertz CT molecular complexity index is 1230. The van der Waals surface area contributed by atoms with E-state index in [1.54, 1.807) is 18.2 Å². The first kappa shape index (κ1) is 23.2. The molecule has 5 N–H and O–H groups in total. The molecule has 33 heavy (non-hydrogen) atoms. The zero-order chi connectivity index (χ0) is 23.6. The Morgan fingerprint density at radius 2 is 1.94 bits per heavy atom. The maximum Gasteiger partial charge on any atom is 0.247 e. The normalized spacial score (nSPS) is 16.8. The average molecular weight is 468 g/mol. The number of amides is 1. The van der Waals surface area contributed by atoms with Crippen LogP contribution in [0.15, 0.2) is 57.9 Å². The molecular formula is C24H29N5O3S. The molecule has 1 saturated heterocycles. The number of rotatable bonds is 7. The Balaban J connectivity index is 1.64. The Morgan fingerprint density at radius 1 is 1.18 bits per heavy atom. The maximum absolute atomic E-state index is 13.0. The van der Waals surface area contributed by atoms with Gasteiger partial charge in [0.15, 0.2) is 0 Å². The van der Waals surface area contributed by atoms with Crippen molar-refractivity contribution in [1.29, 1.82) is 0 Å². The van der Waals surface area contributed by atoms with E-state index in [-0.39, 0.29) is 23.1 Å². The fourth-order valence-corrected chi connectivity index (χ4v) is 5.56. The van der Waals surface area contributed by atoms with Gasteiger partial charge < -0.3 is 16.8 Å². The second-order valence-electron chi connectivity index (χ2n) is 8.43. The molecule has 0 atom stereocenters. The molecule has 174 valence electrons. The summed E-state index contributed by atoms with van der Waals surface area (Å²) in [6.45, 7) is 3.99. The highest BCUT2D eigenvalue weighted by Gasteiger charge is 2.35. The summed E-state index contributed by atoms with van der Waals surface area (Å²) in [4.78, 5) is 17.2. The summed E-state index contributed by atoms with van der Waals surface area (Å²) in [5.41, 5.74) is 15.3. The Hall–Kier alpha value is -3.01. The zero-order valence-electron chi connectivity index (χ0n) is 18.6. The van der Waals surface area contributed by atoms with E-state index in [2.05, 4.69) is 10.3 Å². The van der Waals surface area contributed by atoms with Crippen LogP contribution >= 0.6 is 0 Å². The predicted octanol–water partition coefficient (Wildman–Crippen LogP) is 2.23. The van der Waals surface area contributed by atoms with Gasteiger partial charge in [0.1, 0.15) is 5.84 Å². The second kappa shape index (κ2) is 9.46. The summed E-state index contributed by atoms with van der Waals surface area (Å²) in [7, 11) is -3.56. The third-order valence-electron chi connectivity index (χ3n) is 5.89. The minimum Gasteiger partial charge on any atom is -0.387 e. The largest absolute Gasteiger partial charge is 0.387 e. The standard InChI is InChI=1S/C24H29N5O3S/c1-2-8-27-24(30)20-9-19-7-6-18(11-22(19)28-23(26)12-20)17-4-3-5-21(10-17)33(31,32)29-14-16(13-25)15-29/h3-7,9-11,16H,2,8,12-15,25H2,1H3,(H2,26,28)(H,27,30). The number of benzene rings is 2. The van der Waals surface area contributed by atoms with Gasteiger partial charge in [-0.2, -0.15) is 4.31 Å². The summed E-state index contributed by atoms with van der Waals surface area (Å²) in [5.74, 6) is 0.429.